The SMILES string of the molecule is CCNC(C)c1c(OC)cccc1OCc1ccccc1. The van der Waals surface area contributed by atoms with E-state index in [1.807, 2.05) is 36.4 Å². The fourth-order valence-corrected chi connectivity index (χ4v) is 2.40. The average molecular weight is 285 g/mol. The second-order valence-electron chi connectivity index (χ2n) is 4.93. The van der Waals surface area contributed by atoms with Crippen LogP contribution in [0.2, 0.25) is 0 Å². The van der Waals surface area contributed by atoms with E-state index in [9.17, 15) is 0 Å². The first kappa shape index (κ1) is 15.4. The van der Waals surface area contributed by atoms with Crippen LogP contribution in [0.25, 0.3) is 0 Å². The molecule has 0 radical (unpaired) electrons. The zero-order chi connectivity index (χ0) is 15.1. The van der Waals surface area contributed by atoms with Gasteiger partial charge in [-0.1, -0.05) is 43.3 Å². The minimum Gasteiger partial charge on any atom is -0.496 e. The summed E-state index contributed by atoms with van der Waals surface area (Å²) in [6, 6.07) is 16.3. The number of methoxy groups -OCH3 is 1. The maximum Gasteiger partial charge on any atom is 0.128 e. The molecule has 0 aliphatic carbocycles. The van der Waals surface area contributed by atoms with E-state index in [0.717, 1.165) is 29.2 Å². The van der Waals surface area contributed by atoms with Crippen molar-refractivity contribution in [1.29, 1.82) is 0 Å². The van der Waals surface area contributed by atoms with Gasteiger partial charge in [-0.2, -0.15) is 0 Å². The first-order valence-electron chi connectivity index (χ1n) is 7.33. The van der Waals surface area contributed by atoms with Crippen LogP contribution in [0.15, 0.2) is 48.5 Å². The van der Waals surface area contributed by atoms with Gasteiger partial charge in [0.05, 0.1) is 12.7 Å². The van der Waals surface area contributed by atoms with Gasteiger partial charge < -0.3 is 14.8 Å². The highest BCUT2D eigenvalue weighted by Crippen LogP contribution is 2.34. The van der Waals surface area contributed by atoms with Crippen molar-refractivity contribution < 1.29 is 9.47 Å². The van der Waals surface area contributed by atoms with Crippen LogP contribution in [-0.4, -0.2) is 13.7 Å². The first-order chi connectivity index (χ1) is 10.3. The second kappa shape index (κ2) is 7.70. The van der Waals surface area contributed by atoms with E-state index in [1.165, 1.54) is 0 Å². The summed E-state index contributed by atoms with van der Waals surface area (Å²) in [7, 11) is 1.69. The zero-order valence-electron chi connectivity index (χ0n) is 12.9. The molecular formula is C18H23NO2. The molecule has 0 spiro atoms. The van der Waals surface area contributed by atoms with Crippen molar-refractivity contribution in [2.75, 3.05) is 13.7 Å². The average Bonchev–Trinajstić information content (AvgIpc) is 2.53. The Bertz CT molecular complexity index is 554. The number of nitrogens with one attached hydrogen (secondary N) is 1. The second-order valence-corrected chi connectivity index (χ2v) is 4.93. The van der Waals surface area contributed by atoms with Gasteiger partial charge in [0.15, 0.2) is 0 Å². The Kier molecular flexibility index (Phi) is 5.64. The molecule has 0 aromatic heterocycles. The molecule has 1 atom stereocenters. The number of ether oxygens (including phenoxy) is 2. The monoisotopic (exact) mass is 285 g/mol. The molecule has 0 fully saturated rings. The Morgan fingerprint density at radius 3 is 2.38 bits per heavy atom. The van der Waals surface area contributed by atoms with Crippen LogP contribution in [0.3, 0.4) is 0 Å². The molecule has 2 rings (SSSR count). The van der Waals surface area contributed by atoms with E-state index in [4.69, 9.17) is 9.47 Å². The molecule has 1 unspecified atom stereocenters. The molecule has 0 bridgehead atoms. The van der Waals surface area contributed by atoms with Crippen LogP contribution >= 0.6 is 0 Å². The molecule has 1 N–H and O–H groups in total. The standard InChI is InChI=1S/C18H23NO2/c1-4-19-14(2)18-16(20-3)11-8-12-17(18)21-13-15-9-6-5-7-10-15/h5-12,14,19H,4,13H2,1-3H3. The lowest BCUT2D eigenvalue weighted by Gasteiger charge is -2.20. The molecule has 3 nitrogen and oxygen atoms in total. The van der Waals surface area contributed by atoms with Crippen LogP contribution in [0.4, 0.5) is 0 Å². The lowest BCUT2D eigenvalue weighted by Crippen LogP contribution is -2.19. The summed E-state index contributed by atoms with van der Waals surface area (Å²) in [4.78, 5) is 0. The van der Waals surface area contributed by atoms with Gasteiger partial charge in [-0.25, -0.2) is 0 Å². The Labute approximate surface area is 126 Å². The highest BCUT2D eigenvalue weighted by Gasteiger charge is 2.16. The van der Waals surface area contributed by atoms with Crippen LogP contribution in [0, 0.1) is 0 Å². The van der Waals surface area contributed by atoms with Crippen LogP contribution in [0.1, 0.15) is 31.0 Å². The third-order valence-electron chi connectivity index (χ3n) is 3.43. The van der Waals surface area contributed by atoms with Crippen molar-refractivity contribution in [2.45, 2.75) is 26.5 Å². The molecular weight excluding hydrogens is 262 g/mol. The van der Waals surface area contributed by atoms with Gasteiger partial charge in [0, 0.05) is 6.04 Å². The predicted octanol–water partition coefficient (Wildman–Crippen LogP) is 3.94. The Morgan fingerprint density at radius 2 is 1.71 bits per heavy atom. The fourth-order valence-electron chi connectivity index (χ4n) is 2.40. The van der Waals surface area contributed by atoms with Crippen molar-refractivity contribution in [2.24, 2.45) is 0 Å². The highest BCUT2D eigenvalue weighted by atomic mass is 16.5. The molecule has 0 heterocycles. The van der Waals surface area contributed by atoms with Gasteiger partial charge in [0.25, 0.3) is 0 Å². The molecule has 2 aromatic carbocycles. The number of benzene rings is 2. The normalized spacial score (nSPS) is 12.0. The van der Waals surface area contributed by atoms with E-state index in [2.05, 4.69) is 31.3 Å². The first-order valence-corrected chi connectivity index (χ1v) is 7.33. The van der Waals surface area contributed by atoms with Gasteiger partial charge in [-0.15, -0.1) is 0 Å². The van der Waals surface area contributed by atoms with E-state index in [-0.39, 0.29) is 6.04 Å². The summed E-state index contributed by atoms with van der Waals surface area (Å²) in [6.07, 6.45) is 0. The van der Waals surface area contributed by atoms with Crippen molar-refractivity contribution in [1.82, 2.24) is 5.32 Å². The molecule has 0 saturated carbocycles. The molecule has 3 heteroatoms. The number of hydrogen-bond acceptors (Lipinski definition) is 3. The molecule has 112 valence electrons. The summed E-state index contributed by atoms with van der Waals surface area (Å²) in [6.45, 7) is 5.67. The van der Waals surface area contributed by atoms with Crippen LogP contribution in [-0.2, 0) is 6.61 Å². The number of rotatable bonds is 7. The van der Waals surface area contributed by atoms with E-state index >= 15 is 0 Å². The third-order valence-corrected chi connectivity index (χ3v) is 3.43. The quantitative estimate of drug-likeness (QED) is 0.835. The smallest absolute Gasteiger partial charge is 0.128 e. The molecule has 0 saturated heterocycles. The van der Waals surface area contributed by atoms with Crippen molar-refractivity contribution in [3.8, 4) is 11.5 Å². The Hall–Kier alpha value is -2.00. The van der Waals surface area contributed by atoms with Crippen LogP contribution in [0.5, 0.6) is 11.5 Å². The summed E-state index contributed by atoms with van der Waals surface area (Å²) in [5.41, 5.74) is 2.22. The van der Waals surface area contributed by atoms with Gasteiger partial charge >= 0.3 is 0 Å². The maximum atomic E-state index is 6.01. The zero-order valence-corrected chi connectivity index (χ0v) is 12.9. The Morgan fingerprint density at radius 1 is 1.00 bits per heavy atom. The predicted molar refractivity (Wildman–Crippen MR) is 85.9 cm³/mol. The topological polar surface area (TPSA) is 30.5 Å². The molecule has 0 amide bonds. The molecule has 2 aromatic rings. The van der Waals surface area contributed by atoms with Crippen molar-refractivity contribution in [3.63, 3.8) is 0 Å². The lowest BCUT2D eigenvalue weighted by molar-refractivity contribution is 0.295. The summed E-state index contributed by atoms with van der Waals surface area (Å²) in [5, 5.41) is 3.42. The van der Waals surface area contributed by atoms with E-state index < -0.39 is 0 Å². The fraction of sp³-hybridized carbons (Fsp3) is 0.333. The van der Waals surface area contributed by atoms with Gasteiger partial charge in [0.2, 0.25) is 0 Å². The minimum absolute atomic E-state index is 0.178. The van der Waals surface area contributed by atoms with Crippen molar-refractivity contribution >= 4 is 0 Å². The van der Waals surface area contributed by atoms with Crippen LogP contribution < -0.4 is 14.8 Å². The highest BCUT2D eigenvalue weighted by molar-refractivity contribution is 5.46. The summed E-state index contributed by atoms with van der Waals surface area (Å²) < 4.78 is 11.5. The van der Waals surface area contributed by atoms with Gasteiger partial charge in [-0.3, -0.25) is 0 Å². The summed E-state index contributed by atoms with van der Waals surface area (Å²) in [5.74, 6) is 1.72. The Balaban J connectivity index is 2.21. The van der Waals surface area contributed by atoms with E-state index in [1.54, 1.807) is 7.11 Å². The molecule has 21 heavy (non-hydrogen) atoms. The minimum atomic E-state index is 0.178. The largest absolute Gasteiger partial charge is 0.496 e. The summed E-state index contributed by atoms with van der Waals surface area (Å²) >= 11 is 0. The van der Waals surface area contributed by atoms with Gasteiger partial charge in [-0.05, 0) is 31.2 Å². The maximum absolute atomic E-state index is 6.01. The molecule has 0 aliphatic rings. The third kappa shape index (κ3) is 3.99. The lowest BCUT2D eigenvalue weighted by atomic mass is 10.1. The van der Waals surface area contributed by atoms with E-state index in [0.29, 0.717) is 6.61 Å². The molecule has 0 aliphatic heterocycles. The van der Waals surface area contributed by atoms with Gasteiger partial charge in [0.1, 0.15) is 18.1 Å². The number of hydrogen-bond donors (Lipinski definition) is 1. The van der Waals surface area contributed by atoms with Crippen molar-refractivity contribution in [3.05, 3.63) is 59.7 Å².